The third kappa shape index (κ3) is 5.09. The third-order valence-electron chi connectivity index (χ3n) is 4.73. The lowest BCUT2D eigenvalue weighted by Crippen LogP contribution is -2.56. The van der Waals surface area contributed by atoms with Gasteiger partial charge in [-0.3, -0.25) is 4.79 Å². The monoisotopic (exact) mass is 352 g/mol. The largest absolute Gasteiger partial charge is 0.489 e. The topological polar surface area (TPSA) is 50.4 Å². The van der Waals surface area contributed by atoms with Crippen LogP contribution in [0.2, 0.25) is 0 Å². The van der Waals surface area contributed by atoms with E-state index in [-0.39, 0.29) is 17.5 Å². The van der Waals surface area contributed by atoms with Gasteiger partial charge in [0.25, 0.3) is 5.91 Å². The summed E-state index contributed by atoms with van der Waals surface area (Å²) >= 11 is 0. The Balaban J connectivity index is 1.55. The molecule has 1 aliphatic heterocycles. The van der Waals surface area contributed by atoms with Crippen LogP contribution in [0.5, 0.6) is 5.75 Å². The van der Waals surface area contributed by atoms with Crippen LogP contribution in [-0.4, -0.2) is 23.5 Å². The summed E-state index contributed by atoms with van der Waals surface area (Å²) in [5.74, 6) is 0.840. The number of hydrogen-bond donors (Lipinski definition) is 2. The zero-order valence-electron chi connectivity index (χ0n) is 15.8. The smallest absolute Gasteiger partial charge is 0.251 e. The van der Waals surface area contributed by atoms with Crippen LogP contribution in [0.1, 0.15) is 49.5 Å². The standard InChI is InChI=1S/C22H28N2O2/c1-16-13-19(14-22(2,3)24-16)23-21(25)18-11-9-17(10-12-18)15-26-20-7-5-4-6-8-20/h4-12,16,19,24H,13-15H2,1-3H3,(H,23,25). The Morgan fingerprint density at radius 2 is 1.85 bits per heavy atom. The fourth-order valence-corrected chi connectivity index (χ4v) is 3.73. The predicted octanol–water partition coefficient (Wildman–Crippen LogP) is 3.91. The van der Waals surface area contributed by atoms with E-state index >= 15 is 0 Å². The van der Waals surface area contributed by atoms with Crippen molar-refractivity contribution in [1.82, 2.24) is 10.6 Å². The molecule has 1 fully saturated rings. The molecule has 3 rings (SSSR count). The summed E-state index contributed by atoms with van der Waals surface area (Å²) in [7, 11) is 0. The first-order chi connectivity index (χ1) is 12.4. The van der Waals surface area contributed by atoms with Gasteiger partial charge in [-0.2, -0.15) is 0 Å². The van der Waals surface area contributed by atoms with Crippen LogP contribution < -0.4 is 15.4 Å². The molecular weight excluding hydrogens is 324 g/mol. The number of amides is 1. The Hall–Kier alpha value is -2.33. The molecule has 4 nitrogen and oxygen atoms in total. The minimum atomic E-state index is -0.00423. The molecular formula is C22H28N2O2. The average Bonchev–Trinajstić information content (AvgIpc) is 2.59. The van der Waals surface area contributed by atoms with Crippen molar-refractivity contribution in [2.75, 3.05) is 0 Å². The van der Waals surface area contributed by atoms with Gasteiger partial charge in [0.2, 0.25) is 0 Å². The minimum Gasteiger partial charge on any atom is -0.489 e. The number of benzene rings is 2. The average molecular weight is 352 g/mol. The SMILES string of the molecule is CC1CC(NC(=O)c2ccc(COc3ccccc3)cc2)CC(C)(C)N1. The number of rotatable bonds is 5. The molecule has 2 aromatic rings. The van der Waals surface area contributed by atoms with Gasteiger partial charge in [0.05, 0.1) is 0 Å². The van der Waals surface area contributed by atoms with Crippen LogP contribution in [-0.2, 0) is 6.61 Å². The van der Waals surface area contributed by atoms with Crippen LogP contribution >= 0.6 is 0 Å². The normalized spacial score (nSPS) is 21.8. The number of carbonyl (C=O) groups is 1. The number of para-hydroxylation sites is 1. The lowest BCUT2D eigenvalue weighted by atomic mass is 9.86. The molecule has 0 bridgehead atoms. The van der Waals surface area contributed by atoms with Crippen LogP contribution in [0, 0.1) is 0 Å². The van der Waals surface area contributed by atoms with E-state index in [4.69, 9.17) is 4.74 Å². The molecule has 0 aromatic heterocycles. The van der Waals surface area contributed by atoms with Gasteiger partial charge in [-0.25, -0.2) is 0 Å². The quantitative estimate of drug-likeness (QED) is 0.858. The highest BCUT2D eigenvalue weighted by molar-refractivity contribution is 5.94. The van der Waals surface area contributed by atoms with E-state index in [0.29, 0.717) is 18.2 Å². The number of carbonyl (C=O) groups excluding carboxylic acids is 1. The summed E-state index contributed by atoms with van der Waals surface area (Å²) < 4.78 is 5.74. The number of hydrogen-bond acceptors (Lipinski definition) is 3. The maximum absolute atomic E-state index is 12.6. The molecule has 1 saturated heterocycles. The van der Waals surface area contributed by atoms with Crippen molar-refractivity contribution in [3.8, 4) is 5.75 Å². The van der Waals surface area contributed by atoms with Crippen molar-refractivity contribution in [1.29, 1.82) is 0 Å². The van der Waals surface area contributed by atoms with Gasteiger partial charge in [0, 0.05) is 23.2 Å². The van der Waals surface area contributed by atoms with Gasteiger partial charge in [-0.15, -0.1) is 0 Å². The van der Waals surface area contributed by atoms with Crippen LogP contribution in [0.4, 0.5) is 0 Å². The summed E-state index contributed by atoms with van der Waals surface area (Å²) in [5.41, 5.74) is 1.79. The zero-order valence-corrected chi connectivity index (χ0v) is 15.8. The molecule has 2 aromatic carbocycles. The van der Waals surface area contributed by atoms with Crippen LogP contribution in [0.3, 0.4) is 0 Å². The second kappa shape index (κ2) is 7.92. The molecule has 2 atom stereocenters. The van der Waals surface area contributed by atoms with E-state index in [1.54, 1.807) is 0 Å². The highest BCUT2D eigenvalue weighted by Crippen LogP contribution is 2.22. The van der Waals surface area contributed by atoms with Gasteiger partial charge in [0.1, 0.15) is 12.4 Å². The molecule has 0 spiro atoms. The Kier molecular flexibility index (Phi) is 5.62. The van der Waals surface area contributed by atoms with Crippen molar-refractivity contribution in [3.05, 3.63) is 65.7 Å². The fraction of sp³-hybridized carbons (Fsp3) is 0.409. The predicted molar refractivity (Wildman–Crippen MR) is 104 cm³/mol. The summed E-state index contributed by atoms with van der Waals surface area (Å²) in [6, 6.07) is 18.0. The number of piperidine rings is 1. The van der Waals surface area contributed by atoms with E-state index in [1.165, 1.54) is 0 Å². The maximum atomic E-state index is 12.6. The van der Waals surface area contributed by atoms with Crippen molar-refractivity contribution >= 4 is 5.91 Å². The van der Waals surface area contributed by atoms with Gasteiger partial charge in [0.15, 0.2) is 0 Å². The van der Waals surface area contributed by atoms with Crippen LogP contribution in [0.25, 0.3) is 0 Å². The van der Waals surface area contributed by atoms with E-state index in [2.05, 4.69) is 31.4 Å². The Labute approximate surface area is 156 Å². The molecule has 26 heavy (non-hydrogen) atoms. The molecule has 0 aliphatic carbocycles. The number of nitrogens with one attached hydrogen (secondary N) is 2. The molecule has 1 aliphatic rings. The third-order valence-corrected chi connectivity index (χ3v) is 4.73. The molecule has 2 unspecified atom stereocenters. The highest BCUT2D eigenvalue weighted by atomic mass is 16.5. The van der Waals surface area contributed by atoms with Gasteiger partial charge in [-0.1, -0.05) is 30.3 Å². The van der Waals surface area contributed by atoms with Crippen molar-refractivity contribution < 1.29 is 9.53 Å². The summed E-state index contributed by atoms with van der Waals surface area (Å²) in [6.45, 7) is 7.03. The first kappa shape index (κ1) is 18.5. The summed E-state index contributed by atoms with van der Waals surface area (Å²) in [6.07, 6.45) is 1.89. The highest BCUT2D eigenvalue weighted by Gasteiger charge is 2.32. The summed E-state index contributed by atoms with van der Waals surface area (Å²) in [5, 5.41) is 6.76. The van der Waals surface area contributed by atoms with Gasteiger partial charge in [-0.05, 0) is 63.4 Å². The van der Waals surface area contributed by atoms with Gasteiger partial charge >= 0.3 is 0 Å². The number of ether oxygens (including phenoxy) is 1. The van der Waals surface area contributed by atoms with E-state index in [9.17, 15) is 4.79 Å². The second-order valence-electron chi connectivity index (χ2n) is 7.84. The van der Waals surface area contributed by atoms with Crippen LogP contribution in [0.15, 0.2) is 54.6 Å². The van der Waals surface area contributed by atoms with Crippen molar-refractivity contribution in [3.63, 3.8) is 0 Å². The van der Waals surface area contributed by atoms with Gasteiger partial charge < -0.3 is 15.4 Å². The Bertz CT molecular complexity index is 726. The molecule has 1 heterocycles. The zero-order chi connectivity index (χ0) is 18.6. The molecule has 138 valence electrons. The first-order valence-corrected chi connectivity index (χ1v) is 9.27. The van der Waals surface area contributed by atoms with E-state index < -0.39 is 0 Å². The molecule has 4 heteroatoms. The molecule has 2 N–H and O–H groups in total. The van der Waals surface area contributed by atoms with Crippen molar-refractivity contribution in [2.24, 2.45) is 0 Å². The first-order valence-electron chi connectivity index (χ1n) is 9.27. The Morgan fingerprint density at radius 3 is 2.50 bits per heavy atom. The molecule has 1 amide bonds. The lowest BCUT2D eigenvalue weighted by Gasteiger charge is -2.40. The van der Waals surface area contributed by atoms with Crippen molar-refractivity contribution in [2.45, 2.75) is 57.8 Å². The lowest BCUT2D eigenvalue weighted by molar-refractivity contribution is 0.0906. The Morgan fingerprint density at radius 1 is 1.15 bits per heavy atom. The summed E-state index contributed by atoms with van der Waals surface area (Å²) in [4.78, 5) is 12.6. The fourth-order valence-electron chi connectivity index (χ4n) is 3.73. The minimum absolute atomic E-state index is 0.00423. The van der Waals surface area contributed by atoms with E-state index in [1.807, 2.05) is 54.6 Å². The maximum Gasteiger partial charge on any atom is 0.251 e. The molecule has 0 radical (unpaired) electrons. The second-order valence-corrected chi connectivity index (χ2v) is 7.84. The van der Waals surface area contributed by atoms with E-state index in [0.717, 1.165) is 24.2 Å². The molecule has 0 saturated carbocycles.